The van der Waals surface area contributed by atoms with E-state index >= 15 is 0 Å². The van der Waals surface area contributed by atoms with Crippen LogP contribution in [-0.4, -0.2) is 27.9 Å². The second-order valence-corrected chi connectivity index (χ2v) is 4.79. The number of rotatable bonds is 4. The monoisotopic (exact) mass is 273 g/mol. The van der Waals surface area contributed by atoms with E-state index in [9.17, 15) is 0 Å². The number of aryl methyl sites for hydroxylation is 2. The maximum atomic E-state index is 8.73. The first-order valence-electron chi connectivity index (χ1n) is 6.30. The van der Waals surface area contributed by atoms with E-state index in [2.05, 4.69) is 21.2 Å². The van der Waals surface area contributed by atoms with Crippen LogP contribution in [0, 0.1) is 6.92 Å². The Morgan fingerprint density at radius 1 is 1.45 bits per heavy atom. The van der Waals surface area contributed by atoms with Gasteiger partial charge in [0, 0.05) is 25.3 Å². The zero-order valence-corrected chi connectivity index (χ0v) is 11.9. The van der Waals surface area contributed by atoms with Gasteiger partial charge in [0.05, 0.1) is 17.9 Å². The Morgan fingerprint density at radius 3 is 2.80 bits per heavy atom. The average Bonchev–Trinajstić information content (AvgIpc) is 2.76. The van der Waals surface area contributed by atoms with Crippen molar-refractivity contribution in [1.82, 2.24) is 9.78 Å². The average molecular weight is 273 g/mol. The lowest BCUT2D eigenvalue weighted by Gasteiger charge is -2.20. The lowest BCUT2D eigenvalue weighted by atomic mass is 10.1. The summed E-state index contributed by atoms with van der Waals surface area (Å²) in [7, 11) is 3.93. The zero-order valence-electron chi connectivity index (χ0n) is 11.9. The highest BCUT2D eigenvalue weighted by atomic mass is 16.4. The van der Waals surface area contributed by atoms with E-state index in [1.165, 1.54) is 0 Å². The van der Waals surface area contributed by atoms with Crippen LogP contribution in [0.1, 0.15) is 17.0 Å². The summed E-state index contributed by atoms with van der Waals surface area (Å²) in [6.45, 7) is 2.71. The minimum absolute atomic E-state index is 0.108. The summed E-state index contributed by atoms with van der Waals surface area (Å²) in [6, 6.07) is 9.62. The van der Waals surface area contributed by atoms with E-state index in [1.807, 2.05) is 43.9 Å². The summed E-state index contributed by atoms with van der Waals surface area (Å²) >= 11 is 0. The Kier molecular flexibility index (Phi) is 3.93. The third-order valence-electron chi connectivity index (χ3n) is 3.19. The molecule has 1 aromatic carbocycles. The number of anilines is 1. The predicted octanol–water partition coefficient (Wildman–Crippen LogP) is 1.46. The molecule has 3 N–H and O–H groups in total. The molecule has 0 amide bonds. The van der Waals surface area contributed by atoms with Crippen LogP contribution in [0.3, 0.4) is 0 Å². The molecule has 1 aromatic heterocycles. The number of benzene rings is 1. The van der Waals surface area contributed by atoms with Gasteiger partial charge in [0.25, 0.3) is 0 Å². The molecular weight excluding hydrogens is 254 g/mol. The number of aromatic nitrogens is 2. The molecule has 0 bridgehead atoms. The number of amidine groups is 1. The van der Waals surface area contributed by atoms with E-state index < -0.39 is 0 Å². The molecule has 2 aromatic rings. The lowest BCUT2D eigenvalue weighted by molar-refractivity contribution is 0.318. The van der Waals surface area contributed by atoms with Gasteiger partial charge in [0.15, 0.2) is 5.84 Å². The van der Waals surface area contributed by atoms with Crippen molar-refractivity contribution >= 4 is 11.5 Å². The molecule has 0 aliphatic heterocycles. The normalized spacial score (nSPS) is 11.7. The summed E-state index contributed by atoms with van der Waals surface area (Å²) in [5.74, 6) is 0.108. The van der Waals surface area contributed by atoms with Gasteiger partial charge in [0.2, 0.25) is 0 Å². The number of oxime groups is 1. The van der Waals surface area contributed by atoms with E-state index in [-0.39, 0.29) is 5.84 Å². The van der Waals surface area contributed by atoms with Gasteiger partial charge in [0.1, 0.15) is 0 Å². The Labute approximate surface area is 118 Å². The molecule has 106 valence electrons. The van der Waals surface area contributed by atoms with Crippen molar-refractivity contribution in [1.29, 1.82) is 0 Å². The zero-order chi connectivity index (χ0) is 14.7. The maximum Gasteiger partial charge on any atom is 0.170 e. The van der Waals surface area contributed by atoms with Gasteiger partial charge in [-0.2, -0.15) is 5.10 Å². The summed E-state index contributed by atoms with van der Waals surface area (Å²) in [5, 5.41) is 16.1. The Bertz CT molecular complexity index is 632. The van der Waals surface area contributed by atoms with Crippen molar-refractivity contribution in [2.24, 2.45) is 17.9 Å². The summed E-state index contributed by atoms with van der Waals surface area (Å²) in [5.41, 5.74) is 9.42. The highest BCUT2D eigenvalue weighted by Crippen LogP contribution is 2.17. The van der Waals surface area contributed by atoms with Gasteiger partial charge in [-0.3, -0.25) is 4.68 Å². The molecule has 6 heteroatoms. The van der Waals surface area contributed by atoms with Crippen LogP contribution >= 0.6 is 0 Å². The van der Waals surface area contributed by atoms with Crippen molar-refractivity contribution in [3.8, 4) is 0 Å². The van der Waals surface area contributed by atoms with Crippen LogP contribution in [0.15, 0.2) is 35.5 Å². The molecule has 0 unspecified atom stereocenters. The van der Waals surface area contributed by atoms with Crippen molar-refractivity contribution in [2.45, 2.75) is 13.5 Å². The number of nitrogens with two attached hydrogens (primary N) is 1. The van der Waals surface area contributed by atoms with E-state index in [4.69, 9.17) is 10.9 Å². The molecule has 2 rings (SSSR count). The Hall–Kier alpha value is -2.50. The second-order valence-electron chi connectivity index (χ2n) is 4.79. The maximum absolute atomic E-state index is 8.73. The molecule has 0 spiro atoms. The minimum atomic E-state index is 0.108. The lowest BCUT2D eigenvalue weighted by Crippen LogP contribution is -2.20. The summed E-state index contributed by atoms with van der Waals surface area (Å²) in [6.07, 6.45) is 0. The first-order chi connectivity index (χ1) is 9.51. The van der Waals surface area contributed by atoms with Crippen LogP contribution < -0.4 is 10.6 Å². The van der Waals surface area contributed by atoms with Gasteiger partial charge < -0.3 is 15.8 Å². The molecule has 6 nitrogen and oxygen atoms in total. The molecular formula is C14H19N5O. The SMILES string of the molecule is Cc1cc(CN(C)c2cccc(C(N)=NO)c2)n(C)n1. The third-order valence-corrected chi connectivity index (χ3v) is 3.19. The van der Waals surface area contributed by atoms with Crippen LogP contribution in [0.2, 0.25) is 0 Å². The molecule has 1 heterocycles. The highest BCUT2D eigenvalue weighted by Gasteiger charge is 2.08. The van der Waals surface area contributed by atoms with Crippen LogP contribution in [0.5, 0.6) is 0 Å². The van der Waals surface area contributed by atoms with Gasteiger partial charge in [-0.15, -0.1) is 0 Å². The molecule has 0 aliphatic rings. The second kappa shape index (κ2) is 5.64. The van der Waals surface area contributed by atoms with Crippen molar-refractivity contribution in [2.75, 3.05) is 11.9 Å². The Balaban J connectivity index is 2.21. The van der Waals surface area contributed by atoms with Crippen LogP contribution in [-0.2, 0) is 13.6 Å². The largest absolute Gasteiger partial charge is 0.409 e. The van der Waals surface area contributed by atoms with Gasteiger partial charge >= 0.3 is 0 Å². The molecule has 0 saturated carbocycles. The van der Waals surface area contributed by atoms with Gasteiger partial charge in [-0.1, -0.05) is 17.3 Å². The molecule has 0 radical (unpaired) electrons. The topological polar surface area (TPSA) is 79.7 Å². The Morgan fingerprint density at radius 2 is 2.20 bits per heavy atom. The molecule has 0 atom stereocenters. The molecule has 20 heavy (non-hydrogen) atoms. The van der Waals surface area contributed by atoms with Gasteiger partial charge in [-0.25, -0.2) is 0 Å². The standard InChI is InChI=1S/C14H19N5O/c1-10-7-13(19(3)16-10)9-18(2)12-6-4-5-11(8-12)14(15)17-20/h4-8,20H,9H2,1-3H3,(H2,15,17). The predicted molar refractivity (Wildman–Crippen MR) is 79.0 cm³/mol. The fourth-order valence-corrected chi connectivity index (χ4v) is 2.11. The number of nitrogens with zero attached hydrogens (tertiary/aromatic N) is 4. The number of hydrogen-bond donors (Lipinski definition) is 2. The summed E-state index contributed by atoms with van der Waals surface area (Å²) < 4.78 is 1.87. The van der Waals surface area contributed by atoms with E-state index in [1.54, 1.807) is 6.07 Å². The van der Waals surface area contributed by atoms with Crippen molar-refractivity contribution < 1.29 is 5.21 Å². The van der Waals surface area contributed by atoms with Crippen molar-refractivity contribution in [3.05, 3.63) is 47.3 Å². The fourth-order valence-electron chi connectivity index (χ4n) is 2.11. The third kappa shape index (κ3) is 2.90. The minimum Gasteiger partial charge on any atom is -0.409 e. The molecule has 0 fully saturated rings. The van der Waals surface area contributed by atoms with Crippen molar-refractivity contribution in [3.63, 3.8) is 0 Å². The smallest absolute Gasteiger partial charge is 0.170 e. The van der Waals surface area contributed by atoms with E-state index in [0.29, 0.717) is 5.56 Å². The first-order valence-corrected chi connectivity index (χ1v) is 6.30. The number of hydrogen-bond acceptors (Lipinski definition) is 4. The van der Waals surface area contributed by atoms with Gasteiger partial charge in [-0.05, 0) is 25.1 Å². The fraction of sp³-hybridized carbons (Fsp3) is 0.286. The first kappa shape index (κ1) is 13.9. The van der Waals surface area contributed by atoms with Crippen LogP contribution in [0.25, 0.3) is 0 Å². The summed E-state index contributed by atoms with van der Waals surface area (Å²) in [4.78, 5) is 2.09. The highest BCUT2D eigenvalue weighted by molar-refractivity contribution is 5.97. The van der Waals surface area contributed by atoms with E-state index in [0.717, 1.165) is 23.6 Å². The quantitative estimate of drug-likeness (QED) is 0.382. The molecule has 0 saturated heterocycles. The van der Waals surface area contributed by atoms with Crippen LogP contribution in [0.4, 0.5) is 5.69 Å². The molecule has 0 aliphatic carbocycles.